The first kappa shape index (κ1) is 16.7. The summed E-state index contributed by atoms with van der Waals surface area (Å²) in [5, 5.41) is 8.51. The normalized spacial score (nSPS) is 24.0. The van der Waals surface area contributed by atoms with E-state index in [0.29, 0.717) is 12.1 Å². The highest BCUT2D eigenvalue weighted by Crippen LogP contribution is 2.36. The molecule has 4 rings (SSSR count). The Bertz CT molecular complexity index is 737. The van der Waals surface area contributed by atoms with Crippen LogP contribution in [-0.4, -0.2) is 50.7 Å². The van der Waals surface area contributed by atoms with Gasteiger partial charge in [-0.2, -0.15) is 0 Å². The van der Waals surface area contributed by atoms with Crippen LogP contribution in [-0.2, 0) is 20.0 Å². The number of hydrogen-bond donors (Lipinski definition) is 0. The van der Waals surface area contributed by atoms with Crippen molar-refractivity contribution in [2.45, 2.75) is 51.2 Å². The van der Waals surface area contributed by atoms with Crippen LogP contribution in [0.4, 0.5) is 0 Å². The maximum atomic E-state index is 4.32. The lowest BCUT2D eigenvalue weighted by molar-refractivity contribution is 0.181. The van der Waals surface area contributed by atoms with Gasteiger partial charge in [-0.05, 0) is 50.8 Å². The summed E-state index contributed by atoms with van der Waals surface area (Å²) in [6.07, 6.45) is 5.11. The molecule has 0 radical (unpaired) electrons. The standard InChI is InChI=1S/C20H29N5/c1-15-21-22-20(24(15)3)14-23(2)17-11-12-25(13-17)19-10-6-8-16-7-4-5-9-18(16)19/h4-5,7,9,17,19H,6,8,10-14H2,1-3H3. The Balaban J connectivity index is 1.42. The van der Waals surface area contributed by atoms with Crippen molar-refractivity contribution in [2.24, 2.45) is 7.05 Å². The predicted octanol–water partition coefficient (Wildman–Crippen LogP) is 2.71. The summed E-state index contributed by atoms with van der Waals surface area (Å²) in [4.78, 5) is 5.17. The van der Waals surface area contributed by atoms with Crippen molar-refractivity contribution in [3.05, 3.63) is 47.0 Å². The van der Waals surface area contributed by atoms with Gasteiger partial charge in [0.25, 0.3) is 0 Å². The van der Waals surface area contributed by atoms with Crippen molar-refractivity contribution in [3.63, 3.8) is 0 Å². The highest BCUT2D eigenvalue weighted by atomic mass is 15.3. The molecule has 1 saturated heterocycles. The van der Waals surface area contributed by atoms with Gasteiger partial charge < -0.3 is 4.57 Å². The van der Waals surface area contributed by atoms with Crippen molar-refractivity contribution in [1.82, 2.24) is 24.6 Å². The maximum Gasteiger partial charge on any atom is 0.146 e. The van der Waals surface area contributed by atoms with Gasteiger partial charge in [-0.15, -0.1) is 10.2 Å². The van der Waals surface area contributed by atoms with Crippen molar-refractivity contribution >= 4 is 0 Å². The molecule has 25 heavy (non-hydrogen) atoms. The third-order valence-corrected chi connectivity index (χ3v) is 6.17. The molecule has 1 aromatic heterocycles. The Morgan fingerprint density at radius 3 is 2.84 bits per heavy atom. The van der Waals surface area contributed by atoms with Crippen LogP contribution in [0.5, 0.6) is 0 Å². The second-order valence-corrected chi connectivity index (χ2v) is 7.68. The van der Waals surface area contributed by atoms with Gasteiger partial charge in [0.1, 0.15) is 11.6 Å². The monoisotopic (exact) mass is 339 g/mol. The summed E-state index contributed by atoms with van der Waals surface area (Å²) >= 11 is 0. The SMILES string of the molecule is Cc1nnc(CN(C)C2CCN(C3CCCc4ccccc43)C2)n1C. The number of aromatic nitrogens is 3. The molecule has 1 aliphatic carbocycles. The number of aryl methyl sites for hydroxylation is 2. The first-order valence-electron chi connectivity index (χ1n) is 9.50. The fourth-order valence-electron chi connectivity index (χ4n) is 4.46. The highest BCUT2D eigenvalue weighted by Gasteiger charge is 2.33. The van der Waals surface area contributed by atoms with E-state index < -0.39 is 0 Å². The van der Waals surface area contributed by atoms with Gasteiger partial charge >= 0.3 is 0 Å². The summed E-state index contributed by atoms with van der Waals surface area (Å²) < 4.78 is 2.10. The summed E-state index contributed by atoms with van der Waals surface area (Å²) in [6, 6.07) is 10.3. The number of hydrogen-bond acceptors (Lipinski definition) is 4. The minimum absolute atomic E-state index is 0.603. The number of likely N-dealkylation sites (tertiary alicyclic amines) is 1. The van der Waals surface area contributed by atoms with Crippen LogP contribution in [0.3, 0.4) is 0 Å². The zero-order valence-corrected chi connectivity index (χ0v) is 15.6. The maximum absolute atomic E-state index is 4.32. The first-order chi connectivity index (χ1) is 12.1. The van der Waals surface area contributed by atoms with Gasteiger partial charge in [-0.25, -0.2) is 0 Å². The van der Waals surface area contributed by atoms with Gasteiger partial charge in [-0.1, -0.05) is 24.3 Å². The number of benzene rings is 1. The molecule has 1 aliphatic heterocycles. The molecule has 134 valence electrons. The van der Waals surface area contributed by atoms with Gasteiger partial charge in [0.15, 0.2) is 0 Å². The summed E-state index contributed by atoms with van der Waals surface area (Å²) in [6.45, 7) is 5.24. The van der Waals surface area contributed by atoms with E-state index in [1.165, 1.54) is 32.2 Å². The van der Waals surface area contributed by atoms with E-state index >= 15 is 0 Å². The van der Waals surface area contributed by atoms with E-state index in [9.17, 15) is 0 Å². The molecule has 5 heteroatoms. The molecule has 1 aromatic carbocycles. The van der Waals surface area contributed by atoms with Crippen molar-refractivity contribution in [3.8, 4) is 0 Å². The zero-order chi connectivity index (χ0) is 17.4. The molecule has 2 unspecified atom stereocenters. The molecule has 0 bridgehead atoms. The lowest BCUT2D eigenvalue weighted by Gasteiger charge is -2.34. The quantitative estimate of drug-likeness (QED) is 0.858. The number of nitrogens with zero attached hydrogens (tertiary/aromatic N) is 5. The average molecular weight is 339 g/mol. The van der Waals surface area contributed by atoms with E-state index in [1.807, 2.05) is 6.92 Å². The van der Waals surface area contributed by atoms with Crippen LogP contribution in [0.2, 0.25) is 0 Å². The molecule has 0 amide bonds. The van der Waals surface area contributed by atoms with E-state index in [-0.39, 0.29) is 0 Å². The third-order valence-electron chi connectivity index (χ3n) is 6.17. The van der Waals surface area contributed by atoms with E-state index in [2.05, 4.69) is 62.9 Å². The minimum Gasteiger partial charge on any atom is -0.317 e. The van der Waals surface area contributed by atoms with Crippen LogP contribution >= 0.6 is 0 Å². The van der Waals surface area contributed by atoms with Crippen molar-refractivity contribution < 1.29 is 0 Å². The smallest absolute Gasteiger partial charge is 0.146 e. The van der Waals surface area contributed by atoms with E-state index in [1.54, 1.807) is 11.1 Å². The molecular formula is C20H29N5. The Hall–Kier alpha value is -1.72. The number of rotatable bonds is 4. The summed E-state index contributed by atoms with van der Waals surface area (Å²) in [7, 11) is 4.28. The van der Waals surface area contributed by atoms with Gasteiger partial charge in [0.05, 0.1) is 6.54 Å². The van der Waals surface area contributed by atoms with Crippen LogP contribution in [0.25, 0.3) is 0 Å². The molecule has 0 spiro atoms. The summed E-state index contributed by atoms with van der Waals surface area (Å²) in [5.74, 6) is 2.04. The first-order valence-corrected chi connectivity index (χ1v) is 9.50. The molecule has 0 saturated carbocycles. The van der Waals surface area contributed by atoms with Crippen molar-refractivity contribution in [1.29, 1.82) is 0 Å². The second kappa shape index (κ2) is 6.89. The fraction of sp³-hybridized carbons (Fsp3) is 0.600. The molecule has 2 aliphatic rings. The lowest BCUT2D eigenvalue weighted by Crippen LogP contribution is -2.36. The Kier molecular flexibility index (Phi) is 4.61. The Morgan fingerprint density at radius 2 is 2.04 bits per heavy atom. The van der Waals surface area contributed by atoms with Crippen LogP contribution < -0.4 is 0 Å². The predicted molar refractivity (Wildman–Crippen MR) is 99.3 cm³/mol. The Morgan fingerprint density at radius 1 is 1.20 bits per heavy atom. The molecule has 0 N–H and O–H groups in total. The fourth-order valence-corrected chi connectivity index (χ4v) is 4.46. The zero-order valence-electron chi connectivity index (χ0n) is 15.6. The van der Waals surface area contributed by atoms with Gasteiger partial charge in [0, 0.05) is 32.2 Å². The Labute approximate surface area is 150 Å². The molecule has 2 heterocycles. The molecule has 1 fully saturated rings. The van der Waals surface area contributed by atoms with Crippen LogP contribution in [0, 0.1) is 6.92 Å². The summed E-state index contributed by atoms with van der Waals surface area (Å²) in [5.41, 5.74) is 3.13. The lowest BCUT2D eigenvalue weighted by atomic mass is 9.87. The molecule has 2 atom stereocenters. The minimum atomic E-state index is 0.603. The van der Waals surface area contributed by atoms with Crippen molar-refractivity contribution in [2.75, 3.05) is 20.1 Å². The topological polar surface area (TPSA) is 37.2 Å². The molecular weight excluding hydrogens is 310 g/mol. The van der Waals surface area contributed by atoms with E-state index in [0.717, 1.165) is 24.7 Å². The van der Waals surface area contributed by atoms with E-state index in [4.69, 9.17) is 0 Å². The van der Waals surface area contributed by atoms with Crippen LogP contribution in [0.1, 0.15) is 48.1 Å². The third kappa shape index (κ3) is 3.23. The second-order valence-electron chi connectivity index (χ2n) is 7.68. The van der Waals surface area contributed by atoms with Gasteiger partial charge in [0.2, 0.25) is 0 Å². The van der Waals surface area contributed by atoms with Crippen LogP contribution in [0.15, 0.2) is 24.3 Å². The number of fused-ring (bicyclic) bond motifs is 1. The molecule has 5 nitrogen and oxygen atoms in total. The average Bonchev–Trinajstić information content (AvgIpc) is 3.24. The highest BCUT2D eigenvalue weighted by molar-refractivity contribution is 5.32. The number of likely N-dealkylation sites (N-methyl/N-ethyl adjacent to an activating group) is 1. The molecule has 2 aromatic rings. The largest absolute Gasteiger partial charge is 0.317 e. The van der Waals surface area contributed by atoms with Gasteiger partial charge in [-0.3, -0.25) is 9.80 Å².